The molecule has 0 amide bonds. The van der Waals surface area contributed by atoms with Crippen LogP contribution in [0.2, 0.25) is 0 Å². The topological polar surface area (TPSA) is 15.3 Å². The number of nitrogens with one attached hydrogen (secondary N) is 1. The summed E-state index contributed by atoms with van der Waals surface area (Å²) in [6, 6.07) is 0. The minimum atomic E-state index is 0.355. The van der Waals surface area contributed by atoms with Crippen molar-refractivity contribution in [3.05, 3.63) is 0 Å². The largest absolute Gasteiger partial charge is 0.310 e. The van der Waals surface area contributed by atoms with Gasteiger partial charge in [0.15, 0.2) is 0 Å². The fraction of sp³-hybridized carbons (Fsp3) is 1.00. The molecule has 1 saturated heterocycles. The van der Waals surface area contributed by atoms with E-state index < -0.39 is 0 Å². The zero-order chi connectivity index (χ0) is 12.6. The first-order valence-corrected chi connectivity index (χ1v) is 8.17. The van der Waals surface area contributed by atoms with Crippen molar-refractivity contribution in [2.24, 2.45) is 17.8 Å². The maximum absolute atomic E-state index is 3.76. The van der Waals surface area contributed by atoms with Crippen molar-refractivity contribution in [1.29, 1.82) is 0 Å². The summed E-state index contributed by atoms with van der Waals surface area (Å²) in [5.74, 6) is 3.24. The molecule has 104 valence electrons. The molecule has 2 aliphatic carbocycles. The molecule has 1 atom stereocenters. The first-order chi connectivity index (χ1) is 8.70. The molecular weight excluding hydrogens is 220 g/mol. The third kappa shape index (κ3) is 3.08. The minimum absolute atomic E-state index is 0.355. The van der Waals surface area contributed by atoms with Crippen LogP contribution in [0.5, 0.6) is 0 Å². The minimum Gasteiger partial charge on any atom is -0.310 e. The van der Waals surface area contributed by atoms with Gasteiger partial charge in [0, 0.05) is 18.6 Å². The van der Waals surface area contributed by atoms with E-state index >= 15 is 0 Å². The van der Waals surface area contributed by atoms with Gasteiger partial charge in [-0.05, 0) is 76.3 Å². The Labute approximate surface area is 113 Å². The highest BCUT2D eigenvalue weighted by Crippen LogP contribution is 2.49. The summed E-state index contributed by atoms with van der Waals surface area (Å²) in [5.41, 5.74) is 0.355. The second-order valence-electron chi connectivity index (χ2n) is 7.27. The molecule has 0 aromatic carbocycles. The molecule has 3 fully saturated rings. The second kappa shape index (κ2) is 5.13. The molecule has 1 aliphatic heterocycles. The van der Waals surface area contributed by atoms with Crippen LogP contribution in [0.4, 0.5) is 0 Å². The third-order valence-electron chi connectivity index (χ3n) is 5.48. The molecule has 0 bridgehead atoms. The monoisotopic (exact) mass is 250 g/mol. The first kappa shape index (κ1) is 12.9. The summed E-state index contributed by atoms with van der Waals surface area (Å²) in [6.45, 7) is 9.92. The van der Waals surface area contributed by atoms with Gasteiger partial charge in [-0.3, -0.25) is 0 Å². The summed E-state index contributed by atoms with van der Waals surface area (Å²) in [5, 5.41) is 3.76. The van der Waals surface area contributed by atoms with Crippen LogP contribution in [0.25, 0.3) is 0 Å². The lowest BCUT2D eigenvalue weighted by atomic mass is 9.94. The van der Waals surface area contributed by atoms with Gasteiger partial charge in [-0.25, -0.2) is 0 Å². The van der Waals surface area contributed by atoms with Crippen LogP contribution in [0, 0.1) is 17.8 Å². The van der Waals surface area contributed by atoms with Crippen molar-refractivity contribution in [3.63, 3.8) is 0 Å². The Hall–Kier alpha value is -0.0800. The molecule has 3 aliphatic rings. The number of nitrogens with zero attached hydrogens (tertiary/aromatic N) is 1. The summed E-state index contributed by atoms with van der Waals surface area (Å²) in [4.78, 5) is 2.78. The molecule has 2 nitrogen and oxygen atoms in total. The van der Waals surface area contributed by atoms with Crippen molar-refractivity contribution in [2.45, 2.75) is 57.9 Å². The van der Waals surface area contributed by atoms with E-state index in [-0.39, 0.29) is 0 Å². The van der Waals surface area contributed by atoms with Gasteiger partial charge in [0.05, 0.1) is 0 Å². The Bertz CT molecular complexity index is 271. The van der Waals surface area contributed by atoms with Gasteiger partial charge in [0.25, 0.3) is 0 Å². The van der Waals surface area contributed by atoms with Crippen LogP contribution in [0.3, 0.4) is 0 Å². The Morgan fingerprint density at radius 3 is 2.44 bits per heavy atom. The lowest BCUT2D eigenvalue weighted by Gasteiger charge is -2.34. The molecule has 0 aromatic heterocycles. The average molecular weight is 250 g/mol. The lowest BCUT2D eigenvalue weighted by Crippen LogP contribution is -2.49. The summed E-state index contributed by atoms with van der Waals surface area (Å²) < 4.78 is 0. The highest BCUT2D eigenvalue weighted by atomic mass is 15.2. The normalized spacial score (nSPS) is 34.8. The number of hydrogen-bond donors (Lipinski definition) is 1. The fourth-order valence-electron chi connectivity index (χ4n) is 3.74. The molecule has 2 heteroatoms. The van der Waals surface area contributed by atoms with E-state index in [9.17, 15) is 0 Å². The van der Waals surface area contributed by atoms with Gasteiger partial charge in [0.2, 0.25) is 0 Å². The van der Waals surface area contributed by atoms with E-state index in [2.05, 4.69) is 24.1 Å². The molecule has 0 radical (unpaired) electrons. The molecule has 1 heterocycles. The molecule has 3 rings (SSSR count). The smallest absolute Gasteiger partial charge is 0.0277 e. The van der Waals surface area contributed by atoms with E-state index in [0.717, 1.165) is 17.8 Å². The van der Waals surface area contributed by atoms with Crippen LogP contribution < -0.4 is 5.32 Å². The van der Waals surface area contributed by atoms with Crippen LogP contribution in [0.15, 0.2) is 0 Å². The van der Waals surface area contributed by atoms with E-state index in [0.29, 0.717) is 5.54 Å². The molecule has 2 saturated carbocycles. The quantitative estimate of drug-likeness (QED) is 0.807. The van der Waals surface area contributed by atoms with Crippen molar-refractivity contribution < 1.29 is 0 Å². The standard InChI is InChI=1S/C16H30N2/c1-3-16(2)12-18(10-4-9-17-16)11-15(13-5-6-13)14-7-8-14/h13-15,17H,3-12H2,1-2H3. The predicted molar refractivity (Wildman–Crippen MR) is 76.7 cm³/mol. The van der Waals surface area contributed by atoms with Crippen LogP contribution in [0.1, 0.15) is 52.4 Å². The van der Waals surface area contributed by atoms with Crippen LogP contribution in [-0.2, 0) is 0 Å². The van der Waals surface area contributed by atoms with E-state index in [1.807, 2.05) is 0 Å². The Morgan fingerprint density at radius 2 is 1.89 bits per heavy atom. The van der Waals surface area contributed by atoms with Gasteiger partial charge >= 0.3 is 0 Å². The highest BCUT2D eigenvalue weighted by Gasteiger charge is 2.42. The van der Waals surface area contributed by atoms with Crippen molar-refractivity contribution in [1.82, 2.24) is 10.2 Å². The number of hydrogen-bond acceptors (Lipinski definition) is 2. The van der Waals surface area contributed by atoms with Crippen molar-refractivity contribution >= 4 is 0 Å². The molecule has 0 spiro atoms. The Kier molecular flexibility index (Phi) is 3.68. The van der Waals surface area contributed by atoms with Crippen molar-refractivity contribution in [2.75, 3.05) is 26.2 Å². The highest BCUT2D eigenvalue weighted by molar-refractivity contribution is 4.95. The van der Waals surface area contributed by atoms with Gasteiger partial charge < -0.3 is 10.2 Å². The van der Waals surface area contributed by atoms with Crippen molar-refractivity contribution in [3.8, 4) is 0 Å². The van der Waals surface area contributed by atoms with E-state index in [1.165, 1.54) is 64.7 Å². The predicted octanol–water partition coefficient (Wildman–Crippen LogP) is 2.89. The fourth-order valence-corrected chi connectivity index (χ4v) is 3.74. The van der Waals surface area contributed by atoms with Gasteiger partial charge in [-0.2, -0.15) is 0 Å². The second-order valence-corrected chi connectivity index (χ2v) is 7.27. The SMILES string of the molecule is CCC1(C)CN(CC(C2CC2)C2CC2)CCCN1. The maximum atomic E-state index is 3.76. The molecule has 1 N–H and O–H groups in total. The molecule has 0 aromatic rings. The van der Waals surface area contributed by atoms with E-state index in [1.54, 1.807) is 0 Å². The first-order valence-electron chi connectivity index (χ1n) is 8.17. The summed E-state index contributed by atoms with van der Waals surface area (Å²) in [6.07, 6.45) is 8.69. The average Bonchev–Trinajstić information content (AvgIpc) is 3.20. The molecule has 1 unspecified atom stereocenters. The lowest BCUT2D eigenvalue weighted by molar-refractivity contribution is 0.170. The van der Waals surface area contributed by atoms with Gasteiger partial charge in [0.1, 0.15) is 0 Å². The molecular formula is C16H30N2. The number of rotatable bonds is 5. The van der Waals surface area contributed by atoms with Gasteiger partial charge in [-0.15, -0.1) is 0 Å². The zero-order valence-electron chi connectivity index (χ0n) is 12.3. The zero-order valence-corrected chi connectivity index (χ0v) is 12.3. The maximum Gasteiger partial charge on any atom is 0.0277 e. The van der Waals surface area contributed by atoms with Gasteiger partial charge in [-0.1, -0.05) is 6.92 Å². The van der Waals surface area contributed by atoms with Crippen LogP contribution in [-0.4, -0.2) is 36.6 Å². The Balaban J connectivity index is 1.59. The van der Waals surface area contributed by atoms with Crippen LogP contribution >= 0.6 is 0 Å². The molecule has 18 heavy (non-hydrogen) atoms. The Morgan fingerprint density at radius 1 is 1.22 bits per heavy atom. The third-order valence-corrected chi connectivity index (χ3v) is 5.48. The van der Waals surface area contributed by atoms with E-state index in [4.69, 9.17) is 0 Å². The summed E-state index contributed by atoms with van der Waals surface area (Å²) in [7, 11) is 0. The summed E-state index contributed by atoms with van der Waals surface area (Å²) >= 11 is 0.